The van der Waals surface area contributed by atoms with Crippen molar-refractivity contribution in [1.29, 1.82) is 0 Å². The molecule has 13 heavy (non-hydrogen) atoms. The first kappa shape index (κ1) is 8.85. The molecule has 0 bridgehead atoms. The van der Waals surface area contributed by atoms with Crippen LogP contribution in [0, 0.1) is 11.3 Å². The lowest BCUT2D eigenvalue weighted by Gasteiger charge is -2.16. The molecule has 1 aliphatic carbocycles. The largest absolute Gasteiger partial charge is 0.356 e. The molecule has 0 aromatic carbocycles. The molecule has 0 amide bonds. The minimum atomic E-state index is 0.572. The molecule has 74 valence electrons. The number of aliphatic imine (C=N–C) groups is 1. The Bertz CT molecular complexity index is 220. The zero-order valence-electron chi connectivity index (χ0n) is 8.56. The number of nitrogens with one attached hydrogen (secondary N) is 2. The Morgan fingerprint density at radius 1 is 1.62 bits per heavy atom. The standard InChI is InChI=1S/C10H19N3/c1-10(2)6-8(10)7-13-9-11-4-3-5-12-9/h8H,3-7H2,1-2H3,(H2,11,12,13). The predicted octanol–water partition coefficient (Wildman–Crippen LogP) is 0.971. The molecular formula is C10H19N3. The van der Waals surface area contributed by atoms with Crippen LogP contribution in [0.4, 0.5) is 0 Å². The lowest BCUT2D eigenvalue weighted by molar-refractivity contribution is 0.546. The number of rotatable bonds is 2. The Labute approximate surface area is 80.0 Å². The molecule has 2 rings (SSSR count). The zero-order chi connectivity index (χ0) is 9.31. The minimum Gasteiger partial charge on any atom is -0.356 e. The van der Waals surface area contributed by atoms with Gasteiger partial charge in [-0.15, -0.1) is 0 Å². The SMILES string of the molecule is CC1(C)CC1CNC1=NCCCN1. The lowest BCUT2D eigenvalue weighted by atomic mass is 10.1. The van der Waals surface area contributed by atoms with Crippen molar-refractivity contribution < 1.29 is 0 Å². The van der Waals surface area contributed by atoms with E-state index in [0.717, 1.165) is 31.5 Å². The summed E-state index contributed by atoms with van der Waals surface area (Å²) in [6, 6.07) is 0. The molecule has 0 spiro atoms. The van der Waals surface area contributed by atoms with Crippen LogP contribution in [-0.2, 0) is 0 Å². The van der Waals surface area contributed by atoms with E-state index in [4.69, 9.17) is 0 Å². The monoisotopic (exact) mass is 181 g/mol. The van der Waals surface area contributed by atoms with Crippen LogP contribution in [0.5, 0.6) is 0 Å². The third kappa shape index (κ3) is 2.14. The van der Waals surface area contributed by atoms with Crippen molar-refractivity contribution >= 4 is 5.96 Å². The van der Waals surface area contributed by atoms with Gasteiger partial charge >= 0.3 is 0 Å². The van der Waals surface area contributed by atoms with Crippen molar-refractivity contribution in [1.82, 2.24) is 10.6 Å². The summed E-state index contributed by atoms with van der Waals surface area (Å²) in [7, 11) is 0. The van der Waals surface area contributed by atoms with Crippen LogP contribution in [0.25, 0.3) is 0 Å². The molecule has 0 saturated heterocycles. The minimum absolute atomic E-state index is 0.572. The molecule has 3 nitrogen and oxygen atoms in total. The van der Waals surface area contributed by atoms with Gasteiger partial charge in [0, 0.05) is 19.6 Å². The van der Waals surface area contributed by atoms with E-state index in [0.29, 0.717) is 5.41 Å². The molecule has 0 aromatic heterocycles. The Kier molecular flexibility index (Phi) is 2.18. The average Bonchev–Trinajstić information content (AvgIpc) is 2.73. The van der Waals surface area contributed by atoms with E-state index in [1.54, 1.807) is 0 Å². The van der Waals surface area contributed by atoms with Crippen LogP contribution < -0.4 is 10.6 Å². The second kappa shape index (κ2) is 3.20. The highest BCUT2D eigenvalue weighted by Gasteiger charge is 2.45. The molecule has 0 aromatic rings. The summed E-state index contributed by atoms with van der Waals surface area (Å²) >= 11 is 0. The molecule has 1 aliphatic heterocycles. The van der Waals surface area contributed by atoms with Gasteiger partial charge in [-0.3, -0.25) is 4.99 Å². The number of hydrogen-bond donors (Lipinski definition) is 2. The molecule has 1 unspecified atom stereocenters. The van der Waals surface area contributed by atoms with Gasteiger partial charge < -0.3 is 10.6 Å². The summed E-state index contributed by atoms with van der Waals surface area (Å²) in [6.45, 7) is 7.78. The van der Waals surface area contributed by atoms with Gasteiger partial charge in [-0.2, -0.15) is 0 Å². The summed E-state index contributed by atoms with van der Waals surface area (Å²) in [5, 5.41) is 6.65. The summed E-state index contributed by atoms with van der Waals surface area (Å²) in [5.41, 5.74) is 0.572. The van der Waals surface area contributed by atoms with Crippen molar-refractivity contribution in [3.63, 3.8) is 0 Å². The normalized spacial score (nSPS) is 30.3. The molecule has 1 fully saturated rings. The van der Waals surface area contributed by atoms with E-state index in [1.807, 2.05) is 0 Å². The van der Waals surface area contributed by atoms with Crippen LogP contribution >= 0.6 is 0 Å². The van der Waals surface area contributed by atoms with Crippen molar-refractivity contribution in [2.75, 3.05) is 19.6 Å². The lowest BCUT2D eigenvalue weighted by Crippen LogP contribution is -2.41. The van der Waals surface area contributed by atoms with Crippen LogP contribution in [-0.4, -0.2) is 25.6 Å². The number of guanidine groups is 1. The first-order chi connectivity index (χ1) is 6.18. The van der Waals surface area contributed by atoms with Crippen molar-refractivity contribution in [3.8, 4) is 0 Å². The van der Waals surface area contributed by atoms with E-state index in [9.17, 15) is 0 Å². The van der Waals surface area contributed by atoms with Gasteiger partial charge in [0.05, 0.1) is 0 Å². The van der Waals surface area contributed by atoms with Gasteiger partial charge in [-0.1, -0.05) is 13.8 Å². The molecule has 1 atom stereocenters. The fourth-order valence-electron chi connectivity index (χ4n) is 1.80. The third-order valence-corrected chi connectivity index (χ3v) is 3.13. The van der Waals surface area contributed by atoms with Gasteiger partial charge in [0.1, 0.15) is 0 Å². The first-order valence-corrected chi connectivity index (χ1v) is 5.21. The fraction of sp³-hybridized carbons (Fsp3) is 0.900. The molecule has 3 heteroatoms. The van der Waals surface area contributed by atoms with Crippen molar-refractivity contribution in [2.45, 2.75) is 26.7 Å². The molecule has 1 saturated carbocycles. The number of nitrogens with zero attached hydrogens (tertiary/aromatic N) is 1. The Hall–Kier alpha value is -0.730. The molecular weight excluding hydrogens is 162 g/mol. The van der Waals surface area contributed by atoms with E-state index in [1.165, 1.54) is 12.8 Å². The van der Waals surface area contributed by atoms with Gasteiger partial charge in [0.25, 0.3) is 0 Å². The highest BCUT2D eigenvalue weighted by molar-refractivity contribution is 5.80. The van der Waals surface area contributed by atoms with Crippen molar-refractivity contribution in [2.24, 2.45) is 16.3 Å². The fourth-order valence-corrected chi connectivity index (χ4v) is 1.80. The maximum Gasteiger partial charge on any atom is 0.191 e. The maximum absolute atomic E-state index is 4.37. The number of hydrogen-bond acceptors (Lipinski definition) is 3. The molecule has 2 N–H and O–H groups in total. The Morgan fingerprint density at radius 3 is 2.92 bits per heavy atom. The van der Waals surface area contributed by atoms with E-state index < -0.39 is 0 Å². The molecule has 2 aliphatic rings. The molecule has 1 heterocycles. The van der Waals surface area contributed by atoms with Gasteiger partial charge in [0.2, 0.25) is 0 Å². The van der Waals surface area contributed by atoms with E-state index in [2.05, 4.69) is 29.5 Å². The topological polar surface area (TPSA) is 36.4 Å². The highest BCUT2D eigenvalue weighted by atomic mass is 15.2. The van der Waals surface area contributed by atoms with Gasteiger partial charge in [-0.05, 0) is 24.2 Å². The summed E-state index contributed by atoms with van der Waals surface area (Å²) in [6.07, 6.45) is 2.52. The Balaban J connectivity index is 1.71. The van der Waals surface area contributed by atoms with Gasteiger partial charge in [-0.25, -0.2) is 0 Å². The summed E-state index contributed by atoms with van der Waals surface area (Å²) in [4.78, 5) is 4.37. The quantitative estimate of drug-likeness (QED) is 0.666. The van der Waals surface area contributed by atoms with Crippen LogP contribution in [0.2, 0.25) is 0 Å². The third-order valence-electron chi connectivity index (χ3n) is 3.13. The van der Waals surface area contributed by atoms with Crippen LogP contribution in [0.15, 0.2) is 4.99 Å². The van der Waals surface area contributed by atoms with Crippen LogP contribution in [0.3, 0.4) is 0 Å². The predicted molar refractivity (Wildman–Crippen MR) is 54.8 cm³/mol. The van der Waals surface area contributed by atoms with Crippen LogP contribution in [0.1, 0.15) is 26.7 Å². The second-order valence-corrected chi connectivity index (χ2v) is 4.78. The van der Waals surface area contributed by atoms with E-state index in [-0.39, 0.29) is 0 Å². The maximum atomic E-state index is 4.37. The zero-order valence-corrected chi connectivity index (χ0v) is 8.56. The Morgan fingerprint density at radius 2 is 2.38 bits per heavy atom. The van der Waals surface area contributed by atoms with E-state index >= 15 is 0 Å². The second-order valence-electron chi connectivity index (χ2n) is 4.78. The average molecular weight is 181 g/mol. The first-order valence-electron chi connectivity index (χ1n) is 5.21. The molecule has 0 radical (unpaired) electrons. The summed E-state index contributed by atoms with van der Waals surface area (Å²) < 4.78 is 0. The summed E-state index contributed by atoms with van der Waals surface area (Å²) in [5.74, 6) is 1.85. The smallest absolute Gasteiger partial charge is 0.191 e. The van der Waals surface area contributed by atoms with Crippen molar-refractivity contribution in [3.05, 3.63) is 0 Å². The highest BCUT2D eigenvalue weighted by Crippen LogP contribution is 2.50. The van der Waals surface area contributed by atoms with Gasteiger partial charge in [0.15, 0.2) is 5.96 Å².